The van der Waals surface area contributed by atoms with E-state index >= 15 is 0 Å². The maximum atomic E-state index is 11.1. The van der Waals surface area contributed by atoms with E-state index in [0.29, 0.717) is 17.5 Å². The Bertz CT molecular complexity index is 771. The minimum Gasteiger partial charge on any atom is -0.439 e. The predicted molar refractivity (Wildman–Crippen MR) is 102 cm³/mol. The van der Waals surface area contributed by atoms with Crippen molar-refractivity contribution in [1.82, 2.24) is 9.88 Å². The van der Waals surface area contributed by atoms with Gasteiger partial charge >= 0.3 is 0 Å². The van der Waals surface area contributed by atoms with Gasteiger partial charge in [0.25, 0.3) is 0 Å². The number of hydrogen-bond donors (Lipinski definition) is 1. The van der Waals surface area contributed by atoms with E-state index in [9.17, 15) is 4.79 Å². The van der Waals surface area contributed by atoms with Crippen LogP contribution in [0.25, 0.3) is 0 Å². The van der Waals surface area contributed by atoms with E-state index in [2.05, 4.69) is 42.9 Å². The summed E-state index contributed by atoms with van der Waals surface area (Å²) in [6, 6.07) is 10.1. The van der Waals surface area contributed by atoms with Crippen LogP contribution in [-0.2, 0) is 6.42 Å². The van der Waals surface area contributed by atoms with E-state index in [4.69, 9.17) is 10.5 Å². The summed E-state index contributed by atoms with van der Waals surface area (Å²) in [5, 5.41) is 0. The van der Waals surface area contributed by atoms with E-state index in [0.717, 1.165) is 31.1 Å². The molecule has 0 saturated carbocycles. The van der Waals surface area contributed by atoms with E-state index in [1.165, 1.54) is 23.7 Å². The number of nitrogens with two attached hydrogens (primary N) is 1. The quantitative estimate of drug-likeness (QED) is 0.819. The highest BCUT2D eigenvalue weighted by Crippen LogP contribution is 2.37. The number of primary amides is 1. The van der Waals surface area contributed by atoms with Gasteiger partial charge in [-0.3, -0.25) is 9.69 Å². The Kier molecular flexibility index (Phi) is 5.57. The zero-order chi connectivity index (χ0) is 18.7. The highest BCUT2D eigenvalue weighted by molar-refractivity contribution is 5.92. The van der Waals surface area contributed by atoms with Crippen molar-refractivity contribution >= 4 is 5.91 Å². The summed E-state index contributed by atoms with van der Waals surface area (Å²) in [6.07, 6.45) is 4.87. The molecule has 1 amide bonds. The fourth-order valence-corrected chi connectivity index (χ4v) is 3.42. The van der Waals surface area contributed by atoms with Crippen molar-refractivity contribution in [2.24, 2.45) is 11.7 Å². The lowest BCUT2D eigenvalue weighted by atomic mass is 10.1. The summed E-state index contributed by atoms with van der Waals surface area (Å²) in [5.74, 6) is 1.46. The standard InChI is InChI=1S/C21H27N3O2/c1-14(2)10-11-24(3)19-8-4-15-12-17(6-7-18(15)19)26-20-9-5-16(13-23-20)21(22)25/h5-7,9,12-14,19H,4,8,10-11H2,1-3H3,(H2,22,25). The van der Waals surface area contributed by atoms with Gasteiger partial charge in [0.05, 0.1) is 5.56 Å². The smallest absolute Gasteiger partial charge is 0.250 e. The SMILES string of the molecule is CC(C)CCN(C)C1CCc2cc(Oc3ccc(C(N)=O)cn3)ccc21. The van der Waals surface area contributed by atoms with Crippen molar-refractivity contribution in [2.45, 2.75) is 39.2 Å². The van der Waals surface area contributed by atoms with Gasteiger partial charge in [-0.2, -0.15) is 0 Å². The fourth-order valence-electron chi connectivity index (χ4n) is 3.42. The van der Waals surface area contributed by atoms with Gasteiger partial charge in [-0.15, -0.1) is 0 Å². The number of ether oxygens (including phenoxy) is 1. The second kappa shape index (κ2) is 7.87. The minimum absolute atomic E-state index is 0.374. The van der Waals surface area contributed by atoms with Gasteiger partial charge in [0.15, 0.2) is 0 Å². The summed E-state index contributed by atoms with van der Waals surface area (Å²) in [4.78, 5) is 17.7. The predicted octanol–water partition coefficient (Wildman–Crippen LogP) is 3.94. The molecule has 0 aliphatic heterocycles. The first-order chi connectivity index (χ1) is 12.4. The Morgan fingerprint density at radius 2 is 2.15 bits per heavy atom. The van der Waals surface area contributed by atoms with Crippen LogP contribution in [-0.4, -0.2) is 29.4 Å². The molecule has 3 rings (SSSR count). The first-order valence-corrected chi connectivity index (χ1v) is 9.21. The van der Waals surface area contributed by atoms with Crippen LogP contribution in [0, 0.1) is 5.92 Å². The van der Waals surface area contributed by atoms with Crippen molar-refractivity contribution in [3.05, 3.63) is 53.2 Å². The zero-order valence-electron chi connectivity index (χ0n) is 15.7. The summed E-state index contributed by atoms with van der Waals surface area (Å²) in [6.45, 7) is 5.66. The Hall–Kier alpha value is -2.40. The topological polar surface area (TPSA) is 68.5 Å². The Morgan fingerprint density at radius 3 is 2.81 bits per heavy atom. The van der Waals surface area contributed by atoms with Crippen LogP contribution in [0.3, 0.4) is 0 Å². The molecule has 0 spiro atoms. The maximum Gasteiger partial charge on any atom is 0.250 e. The molecule has 0 saturated heterocycles. The number of pyridine rings is 1. The Morgan fingerprint density at radius 1 is 1.35 bits per heavy atom. The minimum atomic E-state index is -0.491. The number of aromatic nitrogens is 1. The molecule has 1 aromatic carbocycles. The number of amides is 1. The van der Waals surface area contributed by atoms with E-state index in [-0.39, 0.29) is 0 Å². The number of carbonyl (C=O) groups is 1. The van der Waals surface area contributed by atoms with Gasteiger partial charge in [0, 0.05) is 18.3 Å². The second-order valence-electron chi connectivity index (χ2n) is 7.43. The third-order valence-corrected chi connectivity index (χ3v) is 5.00. The van der Waals surface area contributed by atoms with Crippen LogP contribution in [0.4, 0.5) is 0 Å². The summed E-state index contributed by atoms with van der Waals surface area (Å²) >= 11 is 0. The van der Waals surface area contributed by atoms with Gasteiger partial charge in [-0.25, -0.2) is 4.98 Å². The van der Waals surface area contributed by atoms with E-state index in [1.54, 1.807) is 12.1 Å². The van der Waals surface area contributed by atoms with Crippen LogP contribution in [0.5, 0.6) is 11.6 Å². The lowest BCUT2D eigenvalue weighted by Crippen LogP contribution is -2.25. The Labute approximate surface area is 155 Å². The third-order valence-electron chi connectivity index (χ3n) is 5.00. The van der Waals surface area contributed by atoms with E-state index in [1.807, 2.05) is 6.07 Å². The Balaban J connectivity index is 1.68. The first-order valence-electron chi connectivity index (χ1n) is 9.21. The number of fused-ring (bicyclic) bond motifs is 1. The molecule has 1 heterocycles. The summed E-state index contributed by atoms with van der Waals surface area (Å²) in [5.41, 5.74) is 8.35. The largest absolute Gasteiger partial charge is 0.439 e. The lowest BCUT2D eigenvalue weighted by Gasteiger charge is -2.26. The third kappa shape index (κ3) is 4.22. The van der Waals surface area contributed by atoms with Crippen LogP contribution < -0.4 is 10.5 Å². The van der Waals surface area contributed by atoms with Crippen molar-refractivity contribution < 1.29 is 9.53 Å². The van der Waals surface area contributed by atoms with Crippen molar-refractivity contribution in [1.29, 1.82) is 0 Å². The number of benzene rings is 1. The summed E-state index contributed by atoms with van der Waals surface area (Å²) < 4.78 is 5.84. The van der Waals surface area contributed by atoms with Gasteiger partial charge in [0.2, 0.25) is 11.8 Å². The average Bonchev–Trinajstić information content (AvgIpc) is 3.03. The second-order valence-corrected chi connectivity index (χ2v) is 7.43. The molecule has 1 unspecified atom stereocenters. The van der Waals surface area contributed by atoms with Crippen molar-refractivity contribution in [3.63, 3.8) is 0 Å². The molecule has 0 bridgehead atoms. The molecule has 26 heavy (non-hydrogen) atoms. The molecule has 0 fully saturated rings. The van der Waals surface area contributed by atoms with Crippen molar-refractivity contribution in [2.75, 3.05) is 13.6 Å². The van der Waals surface area contributed by atoms with Crippen LogP contribution in [0.15, 0.2) is 36.5 Å². The molecule has 1 aromatic heterocycles. The van der Waals surface area contributed by atoms with Crippen LogP contribution >= 0.6 is 0 Å². The highest BCUT2D eigenvalue weighted by Gasteiger charge is 2.26. The van der Waals surface area contributed by atoms with Gasteiger partial charge in [-0.1, -0.05) is 19.9 Å². The van der Waals surface area contributed by atoms with Crippen molar-refractivity contribution in [3.8, 4) is 11.6 Å². The molecule has 1 atom stereocenters. The lowest BCUT2D eigenvalue weighted by molar-refractivity contribution is 0.1000. The molecule has 2 N–H and O–H groups in total. The molecule has 138 valence electrons. The number of hydrogen-bond acceptors (Lipinski definition) is 4. The molecule has 2 aromatic rings. The fraction of sp³-hybridized carbons (Fsp3) is 0.429. The average molecular weight is 353 g/mol. The number of carbonyl (C=O) groups excluding carboxylic acids is 1. The van der Waals surface area contributed by atoms with Crippen LogP contribution in [0.1, 0.15) is 54.2 Å². The normalized spacial score (nSPS) is 16.1. The molecule has 5 heteroatoms. The molecule has 5 nitrogen and oxygen atoms in total. The molecule has 0 radical (unpaired) electrons. The maximum absolute atomic E-state index is 11.1. The monoisotopic (exact) mass is 353 g/mol. The summed E-state index contributed by atoms with van der Waals surface area (Å²) in [7, 11) is 2.22. The highest BCUT2D eigenvalue weighted by atomic mass is 16.5. The van der Waals surface area contributed by atoms with Gasteiger partial charge < -0.3 is 10.5 Å². The zero-order valence-corrected chi connectivity index (χ0v) is 15.7. The molecular formula is C21H27N3O2. The van der Waals surface area contributed by atoms with Gasteiger partial charge in [-0.05, 0) is 68.1 Å². The first kappa shape index (κ1) is 18.4. The number of nitrogens with zero attached hydrogens (tertiary/aromatic N) is 2. The number of aryl methyl sites for hydroxylation is 1. The molecule has 1 aliphatic carbocycles. The van der Waals surface area contributed by atoms with E-state index < -0.39 is 5.91 Å². The number of rotatable bonds is 7. The molecule has 1 aliphatic rings. The van der Waals surface area contributed by atoms with Gasteiger partial charge in [0.1, 0.15) is 5.75 Å². The molecular weight excluding hydrogens is 326 g/mol. The van der Waals surface area contributed by atoms with Crippen LogP contribution in [0.2, 0.25) is 0 Å².